The van der Waals surface area contributed by atoms with Gasteiger partial charge in [0, 0.05) is 0 Å². The molecule has 3 N–H and O–H groups in total. The van der Waals surface area contributed by atoms with Gasteiger partial charge in [0.05, 0.1) is 20.3 Å². The van der Waals surface area contributed by atoms with Crippen molar-refractivity contribution in [1.82, 2.24) is 0 Å². The molecule has 0 saturated carbocycles. The van der Waals surface area contributed by atoms with Crippen LogP contribution in [0, 0.1) is 0 Å². The summed E-state index contributed by atoms with van der Waals surface area (Å²) < 4.78 is 16.4. The summed E-state index contributed by atoms with van der Waals surface area (Å²) in [5, 5.41) is 29.3. The number of ether oxygens (including phenoxy) is 3. The monoisotopic (exact) mass is 330 g/mol. The lowest BCUT2D eigenvalue weighted by atomic mass is 10.00. The van der Waals surface area contributed by atoms with Crippen molar-refractivity contribution in [3.8, 4) is 5.75 Å². The van der Waals surface area contributed by atoms with Gasteiger partial charge in [0.15, 0.2) is 0 Å². The second-order valence-corrected chi connectivity index (χ2v) is 6.00. The predicted octanol–water partition coefficient (Wildman–Crippen LogP) is 0.382. The van der Waals surface area contributed by atoms with Gasteiger partial charge < -0.3 is 29.5 Å². The Morgan fingerprint density at radius 1 is 1.18 bits per heavy atom. The molecule has 1 aromatic rings. The highest BCUT2D eigenvalue weighted by atomic mass is 32.2. The van der Waals surface area contributed by atoms with E-state index in [1.54, 1.807) is 7.11 Å². The normalized spacial score (nSPS) is 32.0. The van der Waals surface area contributed by atoms with Crippen LogP contribution < -0.4 is 4.74 Å². The quantitative estimate of drug-likeness (QED) is 0.695. The second-order valence-electron chi connectivity index (χ2n) is 5.07. The van der Waals surface area contributed by atoms with Crippen LogP contribution in [0.2, 0.25) is 0 Å². The molecule has 22 heavy (non-hydrogen) atoms. The van der Waals surface area contributed by atoms with E-state index in [0.717, 1.165) is 11.3 Å². The fourth-order valence-electron chi connectivity index (χ4n) is 2.34. The molecular formula is C15H22O6S. The Morgan fingerprint density at radius 3 is 2.41 bits per heavy atom. The van der Waals surface area contributed by atoms with E-state index >= 15 is 0 Å². The summed E-state index contributed by atoms with van der Waals surface area (Å²) in [5.74, 6) is 0.757. The molecule has 0 radical (unpaired) electrons. The van der Waals surface area contributed by atoms with Gasteiger partial charge in [0.1, 0.15) is 35.6 Å². The van der Waals surface area contributed by atoms with E-state index in [2.05, 4.69) is 0 Å². The van der Waals surface area contributed by atoms with E-state index in [1.807, 2.05) is 30.5 Å². The van der Waals surface area contributed by atoms with Crippen molar-refractivity contribution in [2.24, 2.45) is 0 Å². The molecule has 124 valence electrons. The number of benzene rings is 1. The maximum atomic E-state index is 10.2. The van der Waals surface area contributed by atoms with E-state index < -0.39 is 29.9 Å². The first-order valence-electron chi connectivity index (χ1n) is 7.00. The Labute approximate surface area is 134 Å². The van der Waals surface area contributed by atoms with Gasteiger partial charge in [-0.05, 0) is 24.0 Å². The summed E-state index contributed by atoms with van der Waals surface area (Å²) in [7, 11) is 1.60. The average molecular weight is 330 g/mol. The van der Waals surface area contributed by atoms with Crippen molar-refractivity contribution in [3.05, 3.63) is 29.8 Å². The lowest BCUT2D eigenvalue weighted by Crippen LogP contribution is -2.58. The highest BCUT2D eigenvalue weighted by Crippen LogP contribution is 2.29. The fraction of sp³-hybridized carbons (Fsp3) is 0.600. The van der Waals surface area contributed by atoms with E-state index in [4.69, 9.17) is 14.2 Å². The molecule has 0 aromatic heterocycles. The Morgan fingerprint density at radius 2 is 1.86 bits per heavy atom. The highest BCUT2D eigenvalue weighted by molar-refractivity contribution is 7.99. The summed E-state index contributed by atoms with van der Waals surface area (Å²) in [5.41, 5.74) is 0.473. The van der Waals surface area contributed by atoms with Crippen LogP contribution in [-0.4, -0.2) is 65.1 Å². The second kappa shape index (κ2) is 8.14. The van der Waals surface area contributed by atoms with Crippen LogP contribution in [0.4, 0.5) is 0 Å². The number of hydrogen-bond donors (Lipinski definition) is 3. The minimum atomic E-state index is -1.17. The maximum absolute atomic E-state index is 10.2. The van der Waals surface area contributed by atoms with Crippen molar-refractivity contribution in [2.75, 3.05) is 20.0 Å². The van der Waals surface area contributed by atoms with Gasteiger partial charge in [-0.1, -0.05) is 12.1 Å². The van der Waals surface area contributed by atoms with Gasteiger partial charge in [-0.25, -0.2) is 0 Å². The first-order valence-corrected chi connectivity index (χ1v) is 8.29. The van der Waals surface area contributed by atoms with E-state index in [1.165, 1.54) is 11.8 Å². The van der Waals surface area contributed by atoms with Crippen LogP contribution in [0.25, 0.3) is 0 Å². The molecule has 0 unspecified atom stereocenters. The minimum absolute atomic E-state index is 0.280. The standard InChI is InChI=1S/C15H22O6S/c1-19-10-5-3-9(4-6-10)8-20-14-13(18)12(17)11(7-16)21-15(14)22-2/h3-6,11-18H,7-8H2,1-2H3/t11-,12+,13+,14-,15+/m1/s1. The molecule has 1 saturated heterocycles. The van der Waals surface area contributed by atoms with E-state index in [0.29, 0.717) is 0 Å². The first kappa shape index (κ1) is 17.5. The van der Waals surface area contributed by atoms with Crippen LogP contribution in [0.15, 0.2) is 24.3 Å². The van der Waals surface area contributed by atoms with Gasteiger partial charge >= 0.3 is 0 Å². The molecule has 2 rings (SSSR count). The molecule has 1 aliphatic heterocycles. The van der Waals surface area contributed by atoms with Gasteiger partial charge in [0.2, 0.25) is 0 Å². The van der Waals surface area contributed by atoms with Gasteiger partial charge in [-0.15, -0.1) is 11.8 Å². The number of aliphatic hydroxyl groups excluding tert-OH is 3. The summed E-state index contributed by atoms with van der Waals surface area (Å²) in [6.07, 6.45) is -1.92. The summed E-state index contributed by atoms with van der Waals surface area (Å²) in [4.78, 5) is 0. The molecule has 1 fully saturated rings. The van der Waals surface area contributed by atoms with Crippen LogP contribution in [0.1, 0.15) is 5.56 Å². The van der Waals surface area contributed by atoms with Crippen LogP contribution in [-0.2, 0) is 16.1 Å². The molecule has 1 heterocycles. The zero-order valence-electron chi connectivity index (χ0n) is 12.6. The fourth-order valence-corrected chi connectivity index (χ4v) is 3.10. The van der Waals surface area contributed by atoms with Crippen molar-refractivity contribution in [2.45, 2.75) is 36.5 Å². The van der Waals surface area contributed by atoms with Crippen molar-refractivity contribution in [1.29, 1.82) is 0 Å². The third-order valence-electron chi connectivity index (χ3n) is 3.66. The molecule has 5 atom stereocenters. The highest BCUT2D eigenvalue weighted by Gasteiger charge is 2.44. The topological polar surface area (TPSA) is 88.4 Å². The molecule has 0 bridgehead atoms. The van der Waals surface area contributed by atoms with E-state index in [9.17, 15) is 15.3 Å². The Bertz CT molecular complexity index is 452. The molecular weight excluding hydrogens is 308 g/mol. The SMILES string of the molecule is COc1ccc(CO[C@@H]2[C@@H](O)[C@@H](O)[C@@H](CO)O[C@H]2SC)cc1. The molecule has 0 spiro atoms. The molecule has 0 amide bonds. The zero-order valence-corrected chi connectivity index (χ0v) is 13.4. The summed E-state index contributed by atoms with van der Waals surface area (Å²) in [6.45, 7) is -0.0663. The van der Waals surface area contributed by atoms with Gasteiger partial charge in [-0.2, -0.15) is 0 Å². The summed E-state index contributed by atoms with van der Waals surface area (Å²) >= 11 is 1.37. The molecule has 1 aliphatic rings. The molecule has 1 aromatic carbocycles. The van der Waals surface area contributed by atoms with Crippen LogP contribution in [0.5, 0.6) is 5.75 Å². The molecule has 0 aliphatic carbocycles. The smallest absolute Gasteiger partial charge is 0.132 e. The van der Waals surface area contributed by atoms with E-state index in [-0.39, 0.29) is 13.2 Å². The van der Waals surface area contributed by atoms with Crippen molar-refractivity contribution < 1.29 is 29.5 Å². The average Bonchev–Trinajstić information content (AvgIpc) is 2.56. The maximum Gasteiger partial charge on any atom is 0.132 e. The van der Waals surface area contributed by atoms with Crippen molar-refractivity contribution in [3.63, 3.8) is 0 Å². The van der Waals surface area contributed by atoms with Crippen molar-refractivity contribution >= 4 is 11.8 Å². The number of rotatable bonds is 6. The molecule has 6 nitrogen and oxygen atoms in total. The van der Waals surface area contributed by atoms with Gasteiger partial charge in [0.25, 0.3) is 0 Å². The number of hydrogen-bond acceptors (Lipinski definition) is 7. The van der Waals surface area contributed by atoms with Gasteiger partial charge in [-0.3, -0.25) is 0 Å². The zero-order chi connectivity index (χ0) is 16.1. The predicted molar refractivity (Wildman–Crippen MR) is 82.8 cm³/mol. The van der Waals surface area contributed by atoms with Crippen LogP contribution >= 0.6 is 11.8 Å². The van der Waals surface area contributed by atoms with Crippen LogP contribution in [0.3, 0.4) is 0 Å². The third kappa shape index (κ3) is 3.92. The Balaban J connectivity index is 1.99. The number of methoxy groups -OCH3 is 1. The number of aliphatic hydroxyl groups is 3. The third-order valence-corrected chi connectivity index (χ3v) is 4.50. The first-order chi connectivity index (χ1) is 10.6. The number of thioether (sulfide) groups is 1. The largest absolute Gasteiger partial charge is 0.497 e. The molecule has 7 heteroatoms. The lowest BCUT2D eigenvalue weighted by Gasteiger charge is -2.41. The summed E-state index contributed by atoms with van der Waals surface area (Å²) in [6, 6.07) is 7.40. The lowest BCUT2D eigenvalue weighted by molar-refractivity contribution is -0.221. The minimum Gasteiger partial charge on any atom is -0.497 e. The Hall–Kier alpha value is -0.830. The Kier molecular flexibility index (Phi) is 6.49.